The van der Waals surface area contributed by atoms with Crippen LogP contribution in [0.2, 0.25) is 0 Å². The predicted molar refractivity (Wildman–Crippen MR) is 50.5 cm³/mol. The van der Waals surface area contributed by atoms with Gasteiger partial charge in [0, 0.05) is 12.5 Å². The van der Waals surface area contributed by atoms with Gasteiger partial charge in [-0.25, -0.2) is 0 Å². The van der Waals surface area contributed by atoms with E-state index in [0.717, 1.165) is 6.42 Å². The summed E-state index contributed by atoms with van der Waals surface area (Å²) in [7, 11) is 0. The molecule has 14 heavy (non-hydrogen) atoms. The molecule has 0 aliphatic carbocycles. The summed E-state index contributed by atoms with van der Waals surface area (Å²) in [5.74, 6) is 5.58. The van der Waals surface area contributed by atoms with Gasteiger partial charge >= 0.3 is 6.18 Å². The quantitative estimate of drug-likeness (QED) is 0.524. The normalized spacial score (nSPS) is 16.7. The van der Waals surface area contributed by atoms with Gasteiger partial charge in [-0.15, -0.1) is 0 Å². The van der Waals surface area contributed by atoms with Crippen LogP contribution in [-0.2, 0) is 0 Å². The van der Waals surface area contributed by atoms with E-state index in [0.29, 0.717) is 12.3 Å². The summed E-state index contributed by atoms with van der Waals surface area (Å²) in [6, 6.07) is -0.0117. The third-order valence-corrected chi connectivity index (χ3v) is 2.52. The first-order valence-electron chi connectivity index (χ1n) is 4.93. The summed E-state index contributed by atoms with van der Waals surface area (Å²) in [6.07, 6.45) is -3.23. The van der Waals surface area contributed by atoms with Crippen molar-refractivity contribution in [2.75, 3.05) is 0 Å². The Morgan fingerprint density at radius 3 is 2.29 bits per heavy atom. The van der Waals surface area contributed by atoms with E-state index in [1.165, 1.54) is 0 Å². The lowest BCUT2D eigenvalue weighted by atomic mass is 9.95. The highest BCUT2D eigenvalue weighted by Crippen LogP contribution is 2.23. The number of rotatable bonds is 6. The van der Waals surface area contributed by atoms with E-state index in [-0.39, 0.29) is 12.5 Å². The first-order chi connectivity index (χ1) is 6.40. The standard InChI is InChI=1S/C9H19F3N2/c1-3-7(2)8(14-13)5-4-6-9(10,11)12/h7-8,14H,3-6,13H2,1-2H3. The molecule has 0 aromatic rings. The molecular weight excluding hydrogens is 193 g/mol. The molecule has 0 bridgehead atoms. The number of alkyl halides is 3. The minimum atomic E-state index is -4.05. The molecule has 5 heteroatoms. The van der Waals surface area contributed by atoms with Gasteiger partial charge in [0.05, 0.1) is 0 Å². The van der Waals surface area contributed by atoms with Crippen molar-refractivity contribution in [2.45, 2.75) is 51.7 Å². The molecule has 0 saturated carbocycles. The second-order valence-electron chi connectivity index (χ2n) is 3.67. The fraction of sp³-hybridized carbons (Fsp3) is 1.00. The number of hydrogen-bond donors (Lipinski definition) is 2. The first kappa shape index (κ1) is 13.7. The van der Waals surface area contributed by atoms with Gasteiger partial charge in [-0.2, -0.15) is 13.2 Å². The summed E-state index contributed by atoms with van der Waals surface area (Å²) < 4.78 is 35.5. The molecule has 0 heterocycles. The zero-order valence-electron chi connectivity index (χ0n) is 8.69. The molecule has 0 radical (unpaired) electrons. The zero-order valence-corrected chi connectivity index (χ0v) is 8.69. The van der Waals surface area contributed by atoms with Crippen molar-refractivity contribution < 1.29 is 13.2 Å². The maximum Gasteiger partial charge on any atom is 0.389 e. The molecule has 0 aliphatic rings. The summed E-state index contributed by atoms with van der Waals surface area (Å²) in [5, 5.41) is 0. The molecule has 2 atom stereocenters. The number of nitrogens with one attached hydrogen (secondary N) is 1. The molecular formula is C9H19F3N2. The van der Waals surface area contributed by atoms with E-state index in [1.54, 1.807) is 0 Å². The second-order valence-corrected chi connectivity index (χ2v) is 3.67. The van der Waals surface area contributed by atoms with Crippen molar-refractivity contribution in [1.29, 1.82) is 0 Å². The number of hydrazine groups is 1. The van der Waals surface area contributed by atoms with Crippen LogP contribution in [0.15, 0.2) is 0 Å². The largest absolute Gasteiger partial charge is 0.389 e. The smallest absolute Gasteiger partial charge is 0.271 e. The first-order valence-corrected chi connectivity index (χ1v) is 4.93. The molecule has 0 fully saturated rings. The third-order valence-electron chi connectivity index (χ3n) is 2.52. The van der Waals surface area contributed by atoms with Crippen molar-refractivity contribution in [3.63, 3.8) is 0 Å². The van der Waals surface area contributed by atoms with Crippen LogP contribution in [-0.4, -0.2) is 12.2 Å². The van der Waals surface area contributed by atoms with Crippen molar-refractivity contribution in [3.8, 4) is 0 Å². The Morgan fingerprint density at radius 2 is 1.93 bits per heavy atom. The van der Waals surface area contributed by atoms with Crippen LogP contribution < -0.4 is 11.3 Å². The topological polar surface area (TPSA) is 38.0 Å². The Balaban J connectivity index is 3.74. The summed E-state index contributed by atoms with van der Waals surface area (Å²) >= 11 is 0. The second kappa shape index (κ2) is 6.24. The Morgan fingerprint density at radius 1 is 1.36 bits per heavy atom. The Bertz CT molecular complexity index is 147. The molecule has 0 saturated heterocycles. The molecule has 3 N–H and O–H groups in total. The molecule has 0 aromatic heterocycles. The van der Waals surface area contributed by atoms with E-state index in [9.17, 15) is 13.2 Å². The molecule has 86 valence electrons. The fourth-order valence-electron chi connectivity index (χ4n) is 1.34. The monoisotopic (exact) mass is 212 g/mol. The Labute approximate surface area is 83.0 Å². The number of hydrogen-bond acceptors (Lipinski definition) is 2. The van der Waals surface area contributed by atoms with Crippen LogP contribution in [0.25, 0.3) is 0 Å². The fourth-order valence-corrected chi connectivity index (χ4v) is 1.34. The van der Waals surface area contributed by atoms with Crippen LogP contribution in [0.4, 0.5) is 13.2 Å². The SMILES string of the molecule is CCC(C)C(CCCC(F)(F)F)NN. The van der Waals surface area contributed by atoms with Crippen LogP contribution in [0.5, 0.6) is 0 Å². The van der Waals surface area contributed by atoms with E-state index < -0.39 is 12.6 Å². The minimum Gasteiger partial charge on any atom is -0.271 e. The van der Waals surface area contributed by atoms with Crippen LogP contribution >= 0.6 is 0 Å². The highest BCUT2D eigenvalue weighted by molar-refractivity contribution is 4.70. The summed E-state index contributed by atoms with van der Waals surface area (Å²) in [5.41, 5.74) is 2.57. The van der Waals surface area contributed by atoms with Gasteiger partial charge < -0.3 is 0 Å². The minimum absolute atomic E-state index is 0.0117. The average Bonchev–Trinajstić information content (AvgIpc) is 2.09. The Kier molecular flexibility index (Phi) is 6.11. The van der Waals surface area contributed by atoms with E-state index in [2.05, 4.69) is 5.43 Å². The molecule has 0 amide bonds. The van der Waals surface area contributed by atoms with Gasteiger partial charge in [0.25, 0.3) is 0 Å². The highest BCUT2D eigenvalue weighted by Gasteiger charge is 2.27. The van der Waals surface area contributed by atoms with Gasteiger partial charge in [-0.05, 0) is 18.8 Å². The van der Waals surface area contributed by atoms with Crippen molar-refractivity contribution in [3.05, 3.63) is 0 Å². The maximum atomic E-state index is 11.8. The van der Waals surface area contributed by atoms with Gasteiger partial charge in [0.15, 0.2) is 0 Å². The average molecular weight is 212 g/mol. The van der Waals surface area contributed by atoms with Crippen molar-refractivity contribution >= 4 is 0 Å². The summed E-state index contributed by atoms with van der Waals surface area (Å²) in [4.78, 5) is 0. The molecule has 0 spiro atoms. The lowest BCUT2D eigenvalue weighted by Gasteiger charge is -2.22. The van der Waals surface area contributed by atoms with Crippen LogP contribution in [0.1, 0.15) is 39.5 Å². The molecule has 0 aliphatic heterocycles. The van der Waals surface area contributed by atoms with E-state index in [1.807, 2.05) is 13.8 Å². The molecule has 0 rings (SSSR count). The van der Waals surface area contributed by atoms with Crippen molar-refractivity contribution in [2.24, 2.45) is 11.8 Å². The van der Waals surface area contributed by atoms with Crippen LogP contribution in [0, 0.1) is 5.92 Å². The highest BCUT2D eigenvalue weighted by atomic mass is 19.4. The third kappa shape index (κ3) is 6.21. The van der Waals surface area contributed by atoms with Gasteiger partial charge in [-0.1, -0.05) is 20.3 Å². The molecule has 2 unspecified atom stereocenters. The van der Waals surface area contributed by atoms with Gasteiger partial charge in [-0.3, -0.25) is 11.3 Å². The summed E-state index contributed by atoms with van der Waals surface area (Å²) in [6.45, 7) is 3.98. The van der Waals surface area contributed by atoms with Gasteiger partial charge in [0.2, 0.25) is 0 Å². The van der Waals surface area contributed by atoms with Crippen LogP contribution in [0.3, 0.4) is 0 Å². The van der Waals surface area contributed by atoms with E-state index >= 15 is 0 Å². The lowest BCUT2D eigenvalue weighted by Crippen LogP contribution is -2.39. The lowest BCUT2D eigenvalue weighted by molar-refractivity contribution is -0.136. The molecule has 2 nitrogen and oxygen atoms in total. The predicted octanol–water partition coefficient (Wildman–Crippen LogP) is 2.60. The van der Waals surface area contributed by atoms with Crippen molar-refractivity contribution in [1.82, 2.24) is 5.43 Å². The van der Waals surface area contributed by atoms with E-state index in [4.69, 9.17) is 5.84 Å². The Hall–Kier alpha value is -0.290. The van der Waals surface area contributed by atoms with Gasteiger partial charge in [0.1, 0.15) is 0 Å². The number of nitrogens with two attached hydrogens (primary N) is 1. The maximum absolute atomic E-state index is 11.8. The molecule has 0 aromatic carbocycles. The number of halogens is 3. The zero-order chi connectivity index (χ0) is 11.2.